The normalized spacial score (nSPS) is 18.0. The Morgan fingerprint density at radius 3 is 2.87 bits per heavy atom. The van der Waals surface area contributed by atoms with Gasteiger partial charge in [0.2, 0.25) is 5.91 Å². The number of carbonyl (C=O) groups excluding carboxylic acids is 1. The second-order valence-electron chi connectivity index (χ2n) is 5.80. The Morgan fingerprint density at radius 2 is 2.17 bits per heavy atom. The van der Waals surface area contributed by atoms with Gasteiger partial charge in [0.1, 0.15) is 0 Å². The summed E-state index contributed by atoms with van der Waals surface area (Å²) in [7, 11) is 0. The maximum atomic E-state index is 12.0. The van der Waals surface area contributed by atoms with Crippen molar-refractivity contribution in [2.24, 2.45) is 0 Å². The molecule has 2 heterocycles. The molecule has 1 fully saturated rings. The number of nitrogens with one attached hydrogen (secondary N) is 1. The van der Waals surface area contributed by atoms with Crippen molar-refractivity contribution in [1.82, 2.24) is 0 Å². The quantitative estimate of drug-likeness (QED) is 0.911. The molecule has 23 heavy (non-hydrogen) atoms. The molecule has 1 amide bonds. The molecule has 1 saturated heterocycles. The van der Waals surface area contributed by atoms with Gasteiger partial charge in [-0.1, -0.05) is 6.07 Å². The molecule has 1 atom stereocenters. The smallest absolute Gasteiger partial charge is 0.224 e. The molecule has 4 nitrogen and oxygen atoms in total. The fraction of sp³-hybridized carbons (Fsp3) is 0.389. The molecule has 1 aromatic heterocycles. The number of benzene rings is 1. The van der Waals surface area contributed by atoms with Crippen LogP contribution in [0.2, 0.25) is 0 Å². The van der Waals surface area contributed by atoms with Gasteiger partial charge in [0.25, 0.3) is 0 Å². The van der Waals surface area contributed by atoms with Crippen molar-refractivity contribution in [3.8, 4) is 0 Å². The zero-order valence-corrected chi connectivity index (χ0v) is 14.1. The van der Waals surface area contributed by atoms with E-state index in [4.69, 9.17) is 4.74 Å². The Kier molecular flexibility index (Phi) is 5.31. The van der Waals surface area contributed by atoms with Gasteiger partial charge < -0.3 is 15.0 Å². The van der Waals surface area contributed by atoms with Gasteiger partial charge in [-0.2, -0.15) is 0 Å². The van der Waals surface area contributed by atoms with Crippen molar-refractivity contribution >= 4 is 28.6 Å². The SMILES string of the molecule is CC1CN(c2ccc(NC(=O)CCc3cccs3)cc2)CCO1. The molecule has 0 bridgehead atoms. The Balaban J connectivity index is 1.51. The molecule has 0 saturated carbocycles. The van der Waals surface area contributed by atoms with Crippen LogP contribution in [0.3, 0.4) is 0 Å². The highest BCUT2D eigenvalue weighted by Crippen LogP contribution is 2.20. The van der Waals surface area contributed by atoms with Crippen LogP contribution in [0.15, 0.2) is 41.8 Å². The minimum atomic E-state index is 0.0612. The largest absolute Gasteiger partial charge is 0.375 e. The molecule has 1 unspecified atom stereocenters. The predicted octanol–water partition coefficient (Wildman–Crippen LogP) is 3.54. The van der Waals surface area contributed by atoms with Crippen molar-refractivity contribution < 1.29 is 9.53 Å². The van der Waals surface area contributed by atoms with E-state index < -0.39 is 0 Å². The molecular weight excluding hydrogens is 308 g/mol. The van der Waals surface area contributed by atoms with E-state index in [2.05, 4.69) is 35.3 Å². The Labute approximate surface area is 141 Å². The first kappa shape index (κ1) is 16.0. The first-order valence-electron chi connectivity index (χ1n) is 7.99. The van der Waals surface area contributed by atoms with Gasteiger partial charge in [0.15, 0.2) is 0 Å². The number of hydrogen-bond acceptors (Lipinski definition) is 4. The number of morpholine rings is 1. The third-order valence-electron chi connectivity index (χ3n) is 3.94. The number of nitrogens with zero attached hydrogens (tertiary/aromatic N) is 1. The van der Waals surface area contributed by atoms with Crippen LogP contribution in [0, 0.1) is 0 Å². The number of anilines is 2. The highest BCUT2D eigenvalue weighted by molar-refractivity contribution is 7.09. The van der Waals surface area contributed by atoms with E-state index in [9.17, 15) is 4.79 Å². The van der Waals surface area contributed by atoms with Gasteiger partial charge in [0.05, 0.1) is 12.7 Å². The van der Waals surface area contributed by atoms with E-state index in [0.29, 0.717) is 6.42 Å². The van der Waals surface area contributed by atoms with Gasteiger partial charge >= 0.3 is 0 Å². The van der Waals surface area contributed by atoms with Crippen molar-refractivity contribution in [3.63, 3.8) is 0 Å². The van der Waals surface area contributed by atoms with Crippen LogP contribution in [0.25, 0.3) is 0 Å². The molecular formula is C18H22N2O2S. The maximum absolute atomic E-state index is 12.0. The second-order valence-corrected chi connectivity index (χ2v) is 6.83. The van der Waals surface area contributed by atoms with Gasteiger partial charge in [-0.15, -0.1) is 11.3 Å². The summed E-state index contributed by atoms with van der Waals surface area (Å²) >= 11 is 1.69. The van der Waals surface area contributed by atoms with E-state index in [1.165, 1.54) is 10.6 Å². The fourth-order valence-electron chi connectivity index (χ4n) is 2.72. The lowest BCUT2D eigenvalue weighted by Crippen LogP contribution is -2.41. The van der Waals surface area contributed by atoms with Crippen LogP contribution in [-0.4, -0.2) is 31.7 Å². The second kappa shape index (κ2) is 7.62. The average molecular weight is 330 g/mol. The highest BCUT2D eigenvalue weighted by Gasteiger charge is 2.16. The number of hydrogen-bond donors (Lipinski definition) is 1. The molecule has 2 aromatic rings. The third kappa shape index (κ3) is 4.56. The van der Waals surface area contributed by atoms with Crippen LogP contribution >= 0.6 is 11.3 Å². The van der Waals surface area contributed by atoms with Crippen LogP contribution in [0.4, 0.5) is 11.4 Å². The number of thiophene rings is 1. The van der Waals surface area contributed by atoms with E-state index in [1.807, 2.05) is 23.6 Å². The molecule has 5 heteroatoms. The average Bonchev–Trinajstić information content (AvgIpc) is 3.07. The standard InChI is InChI=1S/C18H22N2O2S/c1-14-13-20(10-11-22-14)16-6-4-15(5-7-16)19-18(21)9-8-17-3-2-12-23-17/h2-7,12,14H,8-11,13H2,1H3,(H,19,21). The summed E-state index contributed by atoms with van der Waals surface area (Å²) in [6, 6.07) is 12.1. The third-order valence-corrected chi connectivity index (χ3v) is 4.87. The molecule has 3 rings (SSSR count). The number of amides is 1. The Hall–Kier alpha value is -1.85. The molecule has 1 aromatic carbocycles. The minimum absolute atomic E-state index is 0.0612. The topological polar surface area (TPSA) is 41.6 Å². The molecule has 0 radical (unpaired) electrons. The van der Waals surface area contributed by atoms with Gasteiger partial charge in [-0.25, -0.2) is 0 Å². The lowest BCUT2D eigenvalue weighted by Gasteiger charge is -2.33. The van der Waals surface area contributed by atoms with Crippen molar-refractivity contribution in [1.29, 1.82) is 0 Å². The van der Waals surface area contributed by atoms with Crippen LogP contribution in [0.1, 0.15) is 18.2 Å². The summed E-state index contributed by atoms with van der Waals surface area (Å²) in [6.07, 6.45) is 1.58. The number of aryl methyl sites for hydroxylation is 1. The van der Waals surface area contributed by atoms with E-state index in [0.717, 1.165) is 31.8 Å². The predicted molar refractivity (Wildman–Crippen MR) is 95.3 cm³/mol. The Bertz CT molecular complexity index is 625. The number of carbonyl (C=O) groups is 1. The monoisotopic (exact) mass is 330 g/mol. The number of rotatable bonds is 5. The summed E-state index contributed by atoms with van der Waals surface area (Å²) in [5.74, 6) is 0.0612. The van der Waals surface area contributed by atoms with E-state index in [-0.39, 0.29) is 12.0 Å². The van der Waals surface area contributed by atoms with Crippen molar-refractivity contribution in [3.05, 3.63) is 46.7 Å². The molecule has 122 valence electrons. The first-order valence-corrected chi connectivity index (χ1v) is 8.87. The fourth-order valence-corrected chi connectivity index (χ4v) is 3.43. The summed E-state index contributed by atoms with van der Waals surface area (Å²) in [5, 5.41) is 5.01. The van der Waals surface area contributed by atoms with Crippen molar-refractivity contribution in [2.45, 2.75) is 25.9 Å². The lowest BCUT2D eigenvalue weighted by atomic mass is 10.2. The highest BCUT2D eigenvalue weighted by atomic mass is 32.1. The molecule has 1 aliphatic heterocycles. The molecule has 1 aliphatic rings. The van der Waals surface area contributed by atoms with Gasteiger partial charge in [-0.3, -0.25) is 4.79 Å². The zero-order chi connectivity index (χ0) is 16.1. The summed E-state index contributed by atoms with van der Waals surface area (Å²) in [4.78, 5) is 15.6. The van der Waals surface area contributed by atoms with Crippen LogP contribution < -0.4 is 10.2 Å². The first-order chi connectivity index (χ1) is 11.2. The van der Waals surface area contributed by atoms with Crippen LogP contribution in [0.5, 0.6) is 0 Å². The lowest BCUT2D eigenvalue weighted by molar-refractivity contribution is -0.116. The van der Waals surface area contributed by atoms with Gasteiger partial charge in [0, 0.05) is 35.8 Å². The number of ether oxygens (including phenoxy) is 1. The van der Waals surface area contributed by atoms with E-state index >= 15 is 0 Å². The van der Waals surface area contributed by atoms with Crippen LogP contribution in [-0.2, 0) is 16.0 Å². The van der Waals surface area contributed by atoms with Crippen molar-refractivity contribution in [2.75, 3.05) is 29.9 Å². The molecule has 0 aliphatic carbocycles. The summed E-state index contributed by atoms with van der Waals surface area (Å²) < 4.78 is 5.57. The molecule has 0 spiro atoms. The van der Waals surface area contributed by atoms with E-state index in [1.54, 1.807) is 11.3 Å². The molecule has 1 N–H and O–H groups in total. The van der Waals surface area contributed by atoms with Gasteiger partial charge in [-0.05, 0) is 49.1 Å². The Morgan fingerprint density at radius 1 is 1.35 bits per heavy atom. The maximum Gasteiger partial charge on any atom is 0.224 e. The minimum Gasteiger partial charge on any atom is -0.375 e. The zero-order valence-electron chi connectivity index (χ0n) is 13.3. The summed E-state index contributed by atoms with van der Waals surface area (Å²) in [6.45, 7) is 4.68. The summed E-state index contributed by atoms with van der Waals surface area (Å²) in [5.41, 5.74) is 2.03.